The molecule has 0 aliphatic carbocycles. The number of nitrogens with two attached hydrogens (primary N) is 1. The van der Waals surface area contributed by atoms with Crippen molar-refractivity contribution in [1.82, 2.24) is 19.9 Å². The first-order valence-electron chi connectivity index (χ1n) is 12.1. The highest BCUT2D eigenvalue weighted by Crippen LogP contribution is 2.36. The van der Waals surface area contributed by atoms with Crippen molar-refractivity contribution in [1.29, 1.82) is 0 Å². The standard InChI is InChI=1S/C26H28N6O3S2/c1-3-34-21-11-18-19(12-22(21)35-4-2)29-23(13-32-8-9-36-15-32)31-25(18)28-17-7-5-6-16(10-17)20-14-37-26(30-20)24(27)33/h5-7,10-12,14H,3-4,8-9,13,15H2,1-2H3,(H2,27,33)(H,28,29,31). The average Bonchev–Trinajstić information content (AvgIpc) is 3.58. The number of hydrogen-bond acceptors (Lipinski definition) is 10. The predicted octanol–water partition coefficient (Wildman–Crippen LogP) is 4.90. The van der Waals surface area contributed by atoms with E-state index in [1.54, 1.807) is 0 Å². The van der Waals surface area contributed by atoms with Crippen LogP contribution in [-0.4, -0.2) is 57.1 Å². The predicted molar refractivity (Wildman–Crippen MR) is 149 cm³/mol. The Morgan fingerprint density at radius 1 is 1.11 bits per heavy atom. The van der Waals surface area contributed by atoms with Crippen molar-refractivity contribution < 1.29 is 14.3 Å². The third-order valence-electron chi connectivity index (χ3n) is 5.73. The van der Waals surface area contributed by atoms with Crippen molar-refractivity contribution in [3.05, 3.63) is 52.6 Å². The van der Waals surface area contributed by atoms with E-state index in [-0.39, 0.29) is 5.01 Å². The number of carbonyl (C=O) groups is 1. The molecule has 0 saturated carbocycles. The van der Waals surface area contributed by atoms with Crippen LogP contribution >= 0.6 is 23.1 Å². The number of nitrogens with one attached hydrogen (secondary N) is 1. The van der Waals surface area contributed by atoms with Gasteiger partial charge in [-0.1, -0.05) is 12.1 Å². The highest BCUT2D eigenvalue weighted by molar-refractivity contribution is 7.99. The normalized spacial score (nSPS) is 13.7. The molecule has 2 aromatic carbocycles. The number of aromatic nitrogens is 3. The summed E-state index contributed by atoms with van der Waals surface area (Å²) in [5.74, 6) is 4.31. The van der Waals surface area contributed by atoms with Gasteiger partial charge in [-0.15, -0.1) is 23.1 Å². The van der Waals surface area contributed by atoms with Gasteiger partial charge in [0.1, 0.15) is 11.6 Å². The Morgan fingerprint density at radius 3 is 2.62 bits per heavy atom. The zero-order valence-corrected chi connectivity index (χ0v) is 22.3. The molecule has 0 bridgehead atoms. The third kappa shape index (κ3) is 5.79. The fourth-order valence-electron chi connectivity index (χ4n) is 4.08. The number of ether oxygens (including phenoxy) is 2. The molecule has 3 heterocycles. The summed E-state index contributed by atoms with van der Waals surface area (Å²) in [6, 6.07) is 11.7. The molecule has 0 radical (unpaired) electrons. The Balaban J connectivity index is 1.55. The van der Waals surface area contributed by atoms with Crippen molar-refractivity contribution in [3.63, 3.8) is 0 Å². The van der Waals surface area contributed by atoms with E-state index < -0.39 is 5.91 Å². The molecular formula is C26H28N6O3S2. The van der Waals surface area contributed by atoms with Gasteiger partial charge in [0.25, 0.3) is 5.91 Å². The minimum absolute atomic E-state index is 0.286. The van der Waals surface area contributed by atoms with Crippen LogP contribution in [-0.2, 0) is 6.54 Å². The first-order chi connectivity index (χ1) is 18.0. The number of anilines is 2. The molecule has 2 aromatic heterocycles. The summed E-state index contributed by atoms with van der Waals surface area (Å²) in [6.45, 7) is 6.63. The van der Waals surface area contributed by atoms with Gasteiger partial charge in [0, 0.05) is 46.3 Å². The Bertz CT molecular complexity index is 1420. The second-order valence-electron chi connectivity index (χ2n) is 8.37. The minimum atomic E-state index is -0.529. The monoisotopic (exact) mass is 536 g/mol. The smallest absolute Gasteiger partial charge is 0.277 e. The Hall–Kier alpha value is -3.41. The highest BCUT2D eigenvalue weighted by atomic mass is 32.2. The lowest BCUT2D eigenvalue weighted by Gasteiger charge is -2.17. The number of rotatable bonds is 10. The molecular weight excluding hydrogens is 508 g/mol. The number of carbonyl (C=O) groups excluding carboxylic acids is 1. The number of thioether (sulfide) groups is 1. The van der Waals surface area contributed by atoms with Gasteiger partial charge >= 0.3 is 0 Å². The van der Waals surface area contributed by atoms with Crippen LogP contribution < -0.4 is 20.5 Å². The summed E-state index contributed by atoms with van der Waals surface area (Å²) in [7, 11) is 0. The van der Waals surface area contributed by atoms with E-state index in [0.29, 0.717) is 42.8 Å². The maximum absolute atomic E-state index is 11.5. The summed E-state index contributed by atoms with van der Waals surface area (Å²) in [6.07, 6.45) is 0. The number of amides is 1. The maximum Gasteiger partial charge on any atom is 0.277 e. The van der Waals surface area contributed by atoms with Crippen molar-refractivity contribution in [3.8, 4) is 22.8 Å². The molecule has 192 valence electrons. The highest BCUT2D eigenvalue weighted by Gasteiger charge is 2.18. The number of nitrogens with zero attached hydrogens (tertiary/aromatic N) is 4. The van der Waals surface area contributed by atoms with E-state index in [4.69, 9.17) is 25.2 Å². The van der Waals surface area contributed by atoms with Gasteiger partial charge in [0.2, 0.25) is 0 Å². The lowest BCUT2D eigenvalue weighted by Crippen LogP contribution is -2.20. The minimum Gasteiger partial charge on any atom is -0.490 e. The van der Waals surface area contributed by atoms with E-state index in [0.717, 1.165) is 46.2 Å². The van der Waals surface area contributed by atoms with Crippen molar-refractivity contribution in [2.45, 2.75) is 20.4 Å². The molecule has 11 heteroatoms. The van der Waals surface area contributed by atoms with Crippen molar-refractivity contribution in [2.75, 3.05) is 36.7 Å². The Kier molecular flexibility index (Phi) is 7.73. The lowest BCUT2D eigenvalue weighted by molar-refractivity contribution is 0.1000. The van der Waals surface area contributed by atoms with Gasteiger partial charge < -0.3 is 20.5 Å². The van der Waals surface area contributed by atoms with E-state index in [1.165, 1.54) is 11.3 Å². The molecule has 0 spiro atoms. The fraction of sp³-hybridized carbons (Fsp3) is 0.308. The fourth-order valence-corrected chi connectivity index (χ4v) is 5.75. The van der Waals surface area contributed by atoms with Crippen LogP contribution in [0.1, 0.15) is 29.5 Å². The molecule has 1 aliphatic heterocycles. The van der Waals surface area contributed by atoms with E-state index >= 15 is 0 Å². The van der Waals surface area contributed by atoms with E-state index in [2.05, 4.69) is 15.2 Å². The topological polar surface area (TPSA) is 115 Å². The summed E-state index contributed by atoms with van der Waals surface area (Å²) in [5.41, 5.74) is 8.57. The molecule has 1 fully saturated rings. The number of hydrogen-bond donors (Lipinski definition) is 2. The van der Waals surface area contributed by atoms with Crippen LogP contribution in [0.15, 0.2) is 41.8 Å². The zero-order chi connectivity index (χ0) is 25.8. The summed E-state index contributed by atoms with van der Waals surface area (Å²) in [5, 5.41) is 6.43. The summed E-state index contributed by atoms with van der Waals surface area (Å²) >= 11 is 3.15. The third-order valence-corrected chi connectivity index (χ3v) is 7.61. The number of primary amides is 1. The van der Waals surface area contributed by atoms with Gasteiger partial charge in [-0.2, -0.15) is 0 Å². The Morgan fingerprint density at radius 2 is 1.92 bits per heavy atom. The van der Waals surface area contributed by atoms with E-state index in [1.807, 2.05) is 67.4 Å². The molecule has 0 unspecified atom stereocenters. The van der Waals surface area contributed by atoms with Gasteiger partial charge in [0.15, 0.2) is 16.5 Å². The maximum atomic E-state index is 11.5. The molecule has 3 N–H and O–H groups in total. The first kappa shape index (κ1) is 25.2. The van der Waals surface area contributed by atoms with Crippen molar-refractivity contribution >= 4 is 51.4 Å². The number of benzene rings is 2. The van der Waals surface area contributed by atoms with Gasteiger partial charge in [0.05, 0.1) is 31.0 Å². The molecule has 0 atom stereocenters. The van der Waals surface area contributed by atoms with Gasteiger partial charge in [-0.3, -0.25) is 9.69 Å². The average molecular weight is 537 g/mol. The molecule has 37 heavy (non-hydrogen) atoms. The quantitative estimate of drug-likeness (QED) is 0.292. The molecule has 9 nitrogen and oxygen atoms in total. The zero-order valence-electron chi connectivity index (χ0n) is 20.7. The second-order valence-corrected chi connectivity index (χ2v) is 10.3. The molecule has 4 aromatic rings. The molecule has 1 saturated heterocycles. The SMILES string of the molecule is CCOc1cc2nc(CN3CCSC3)nc(Nc3cccc(-c4csc(C(N)=O)n4)c3)c2cc1OCC. The Labute approximate surface area is 223 Å². The van der Waals surface area contributed by atoms with Crippen LogP contribution in [0.4, 0.5) is 11.5 Å². The van der Waals surface area contributed by atoms with Gasteiger partial charge in [-0.05, 0) is 32.0 Å². The van der Waals surface area contributed by atoms with Crippen LogP contribution in [0.3, 0.4) is 0 Å². The van der Waals surface area contributed by atoms with Crippen LogP contribution in [0.2, 0.25) is 0 Å². The summed E-state index contributed by atoms with van der Waals surface area (Å²) < 4.78 is 11.7. The largest absolute Gasteiger partial charge is 0.490 e. The summed E-state index contributed by atoms with van der Waals surface area (Å²) in [4.78, 5) is 28.0. The van der Waals surface area contributed by atoms with Crippen LogP contribution in [0.25, 0.3) is 22.2 Å². The number of thiazole rings is 1. The van der Waals surface area contributed by atoms with Gasteiger partial charge in [-0.25, -0.2) is 15.0 Å². The van der Waals surface area contributed by atoms with Crippen LogP contribution in [0, 0.1) is 0 Å². The van der Waals surface area contributed by atoms with Crippen LogP contribution in [0.5, 0.6) is 11.5 Å². The molecule has 1 aliphatic rings. The molecule has 5 rings (SSSR count). The van der Waals surface area contributed by atoms with Crippen molar-refractivity contribution in [2.24, 2.45) is 5.73 Å². The number of fused-ring (bicyclic) bond motifs is 1. The second kappa shape index (κ2) is 11.3. The van der Waals surface area contributed by atoms with E-state index in [9.17, 15) is 4.79 Å². The first-order valence-corrected chi connectivity index (χ1v) is 14.1. The molecule has 1 amide bonds. The lowest BCUT2D eigenvalue weighted by atomic mass is 10.1.